The minimum absolute atomic E-state index is 0.0770. The summed E-state index contributed by atoms with van der Waals surface area (Å²) in [5, 5.41) is 20.7. The van der Waals surface area contributed by atoms with E-state index in [0.29, 0.717) is 11.1 Å². The lowest BCUT2D eigenvalue weighted by molar-refractivity contribution is 0.874. The van der Waals surface area contributed by atoms with E-state index in [1.54, 1.807) is 24.3 Å². The normalized spacial score (nSPS) is 11.1. The number of hydrogen-bond acceptors (Lipinski definition) is 4. The summed E-state index contributed by atoms with van der Waals surface area (Å²) in [5.41, 5.74) is 2.26. The third-order valence-electron chi connectivity index (χ3n) is 2.80. The fourth-order valence-corrected chi connectivity index (χ4v) is 1.70. The average molecular weight is 248 g/mol. The molecule has 1 aromatic carbocycles. The molecule has 0 saturated carbocycles. The Bertz CT molecular complexity index is 630. The van der Waals surface area contributed by atoms with E-state index in [0.717, 1.165) is 11.4 Å². The van der Waals surface area contributed by atoms with Crippen molar-refractivity contribution in [1.29, 1.82) is 10.5 Å². The molecule has 0 fully saturated rings. The molecule has 4 nitrogen and oxygen atoms in total. The Morgan fingerprint density at radius 3 is 2.16 bits per heavy atom. The first-order valence-corrected chi connectivity index (χ1v) is 5.85. The van der Waals surface area contributed by atoms with Crippen molar-refractivity contribution in [3.05, 3.63) is 59.3 Å². The lowest BCUT2D eigenvalue weighted by atomic mass is 10.1. The van der Waals surface area contributed by atoms with Crippen LogP contribution in [0.2, 0.25) is 0 Å². The Balaban J connectivity index is 2.09. The van der Waals surface area contributed by atoms with Crippen LogP contribution in [0.5, 0.6) is 0 Å². The molecule has 1 aromatic heterocycles. The number of nitriles is 2. The largest absolute Gasteiger partial charge is 0.364 e. The van der Waals surface area contributed by atoms with Crippen molar-refractivity contribution < 1.29 is 0 Å². The molecule has 0 aliphatic rings. The fraction of sp³-hybridized carbons (Fsp3) is 0.133. The quantitative estimate of drug-likeness (QED) is 0.906. The topological polar surface area (TPSA) is 72.5 Å². The van der Waals surface area contributed by atoms with Gasteiger partial charge in [-0.15, -0.1) is 0 Å². The molecule has 0 unspecified atom stereocenters. The van der Waals surface area contributed by atoms with Crippen molar-refractivity contribution >= 4 is 5.82 Å². The van der Waals surface area contributed by atoms with Gasteiger partial charge in [-0.05, 0) is 36.8 Å². The van der Waals surface area contributed by atoms with Gasteiger partial charge in [0.25, 0.3) is 0 Å². The summed E-state index contributed by atoms with van der Waals surface area (Å²) >= 11 is 0. The first-order valence-electron chi connectivity index (χ1n) is 5.85. The summed E-state index contributed by atoms with van der Waals surface area (Å²) in [6.45, 7) is 2.02. The maximum Gasteiger partial charge on any atom is 0.126 e. The molecule has 19 heavy (non-hydrogen) atoms. The van der Waals surface area contributed by atoms with Gasteiger partial charge in [-0.3, -0.25) is 0 Å². The van der Waals surface area contributed by atoms with Crippen molar-refractivity contribution in [3.63, 3.8) is 0 Å². The van der Waals surface area contributed by atoms with Crippen LogP contribution in [0.1, 0.15) is 29.7 Å². The first-order chi connectivity index (χ1) is 9.22. The van der Waals surface area contributed by atoms with E-state index in [-0.39, 0.29) is 6.04 Å². The van der Waals surface area contributed by atoms with Crippen LogP contribution in [0, 0.1) is 22.7 Å². The summed E-state index contributed by atoms with van der Waals surface area (Å²) in [6, 6.07) is 15.1. The zero-order valence-electron chi connectivity index (χ0n) is 10.5. The van der Waals surface area contributed by atoms with Crippen LogP contribution in [0.25, 0.3) is 0 Å². The predicted molar refractivity (Wildman–Crippen MR) is 72.1 cm³/mol. The second kappa shape index (κ2) is 5.66. The number of nitrogens with zero attached hydrogens (tertiary/aromatic N) is 3. The van der Waals surface area contributed by atoms with E-state index in [4.69, 9.17) is 10.5 Å². The molecule has 0 spiro atoms. The number of hydrogen-bond donors (Lipinski definition) is 1. The van der Waals surface area contributed by atoms with E-state index in [1.807, 2.05) is 25.1 Å². The van der Waals surface area contributed by atoms with Crippen molar-refractivity contribution in [3.8, 4) is 12.1 Å². The van der Waals surface area contributed by atoms with E-state index in [9.17, 15) is 0 Å². The van der Waals surface area contributed by atoms with E-state index < -0.39 is 0 Å². The SMILES string of the molecule is C[C@H](Nc1ccc(C#N)cn1)c1ccc(C#N)cc1. The maximum atomic E-state index is 8.75. The highest BCUT2D eigenvalue weighted by atomic mass is 15.0. The third kappa shape index (κ3) is 3.08. The average Bonchev–Trinajstić information content (AvgIpc) is 2.48. The Morgan fingerprint density at radius 2 is 1.63 bits per heavy atom. The lowest BCUT2D eigenvalue weighted by Gasteiger charge is -2.14. The third-order valence-corrected chi connectivity index (χ3v) is 2.80. The van der Waals surface area contributed by atoms with Gasteiger partial charge in [0.2, 0.25) is 0 Å². The summed E-state index contributed by atoms with van der Waals surface area (Å²) < 4.78 is 0. The number of anilines is 1. The van der Waals surface area contributed by atoms with Gasteiger partial charge in [-0.25, -0.2) is 4.98 Å². The van der Waals surface area contributed by atoms with Gasteiger partial charge >= 0.3 is 0 Å². The number of rotatable bonds is 3. The highest BCUT2D eigenvalue weighted by Crippen LogP contribution is 2.18. The molecule has 0 amide bonds. The molecule has 2 aromatic rings. The van der Waals surface area contributed by atoms with Crippen molar-refractivity contribution in [1.82, 2.24) is 4.98 Å². The zero-order chi connectivity index (χ0) is 13.7. The molecule has 2 rings (SSSR count). The summed E-state index contributed by atoms with van der Waals surface area (Å²) in [4.78, 5) is 4.16. The minimum Gasteiger partial charge on any atom is -0.364 e. The molecule has 4 heteroatoms. The number of nitrogens with one attached hydrogen (secondary N) is 1. The Labute approximate surface area is 112 Å². The molecule has 1 atom stereocenters. The number of benzene rings is 1. The van der Waals surface area contributed by atoms with Gasteiger partial charge in [0, 0.05) is 12.2 Å². The van der Waals surface area contributed by atoms with Gasteiger partial charge in [0.05, 0.1) is 17.2 Å². The van der Waals surface area contributed by atoms with Crippen LogP contribution in [-0.2, 0) is 0 Å². The van der Waals surface area contributed by atoms with E-state index in [2.05, 4.69) is 16.4 Å². The smallest absolute Gasteiger partial charge is 0.126 e. The molecule has 92 valence electrons. The molecule has 1 N–H and O–H groups in total. The van der Waals surface area contributed by atoms with E-state index in [1.165, 1.54) is 6.20 Å². The zero-order valence-corrected chi connectivity index (χ0v) is 10.5. The molecular formula is C15H12N4. The summed E-state index contributed by atoms with van der Waals surface area (Å²) in [7, 11) is 0. The van der Waals surface area contributed by atoms with Crippen molar-refractivity contribution in [2.45, 2.75) is 13.0 Å². The van der Waals surface area contributed by atoms with Crippen molar-refractivity contribution in [2.75, 3.05) is 5.32 Å². The fourth-order valence-electron chi connectivity index (χ4n) is 1.70. The van der Waals surface area contributed by atoms with Crippen molar-refractivity contribution in [2.24, 2.45) is 0 Å². The predicted octanol–water partition coefficient (Wildman–Crippen LogP) is 3.00. The van der Waals surface area contributed by atoms with Crippen LogP contribution >= 0.6 is 0 Å². The van der Waals surface area contributed by atoms with Gasteiger partial charge < -0.3 is 5.32 Å². The Morgan fingerprint density at radius 1 is 1.00 bits per heavy atom. The highest BCUT2D eigenvalue weighted by Gasteiger charge is 2.06. The van der Waals surface area contributed by atoms with Gasteiger partial charge in [0.15, 0.2) is 0 Å². The van der Waals surface area contributed by atoms with Crippen LogP contribution in [0.3, 0.4) is 0 Å². The molecule has 1 heterocycles. The van der Waals surface area contributed by atoms with Crippen LogP contribution < -0.4 is 5.32 Å². The summed E-state index contributed by atoms with van der Waals surface area (Å²) in [5.74, 6) is 0.718. The molecular weight excluding hydrogens is 236 g/mol. The molecule has 0 aliphatic heterocycles. The lowest BCUT2D eigenvalue weighted by Crippen LogP contribution is -2.07. The van der Waals surface area contributed by atoms with Crippen LogP contribution in [-0.4, -0.2) is 4.98 Å². The van der Waals surface area contributed by atoms with Crippen LogP contribution in [0.15, 0.2) is 42.6 Å². The Hall–Kier alpha value is -2.85. The number of aromatic nitrogens is 1. The van der Waals surface area contributed by atoms with Gasteiger partial charge in [-0.2, -0.15) is 10.5 Å². The highest BCUT2D eigenvalue weighted by molar-refractivity contribution is 5.42. The maximum absolute atomic E-state index is 8.75. The Kier molecular flexibility index (Phi) is 3.75. The van der Waals surface area contributed by atoms with Gasteiger partial charge in [-0.1, -0.05) is 12.1 Å². The standard InChI is InChI=1S/C15H12N4/c1-11(14-5-2-12(8-16)3-6-14)19-15-7-4-13(9-17)10-18-15/h2-7,10-11H,1H3,(H,18,19)/t11-/m0/s1. The molecule has 0 aliphatic carbocycles. The molecule has 0 bridgehead atoms. The second-order valence-corrected chi connectivity index (χ2v) is 4.14. The minimum atomic E-state index is 0.0770. The van der Waals surface area contributed by atoms with Crippen LogP contribution in [0.4, 0.5) is 5.82 Å². The van der Waals surface area contributed by atoms with E-state index >= 15 is 0 Å². The second-order valence-electron chi connectivity index (χ2n) is 4.14. The van der Waals surface area contributed by atoms with Gasteiger partial charge in [0.1, 0.15) is 11.9 Å². The first kappa shape index (κ1) is 12.6. The number of pyridine rings is 1. The molecule has 0 saturated heterocycles. The molecule has 0 radical (unpaired) electrons. The monoisotopic (exact) mass is 248 g/mol. The summed E-state index contributed by atoms with van der Waals surface area (Å²) in [6.07, 6.45) is 1.54.